The Kier molecular flexibility index (Phi) is 6.05. The van der Waals surface area contributed by atoms with E-state index in [1.807, 2.05) is 48.5 Å². The first-order valence-corrected chi connectivity index (χ1v) is 9.17. The van der Waals surface area contributed by atoms with E-state index in [4.69, 9.17) is 15.6 Å². The largest absolute Gasteiger partial charge is 0.497 e. The van der Waals surface area contributed by atoms with E-state index in [0.29, 0.717) is 10.9 Å². The summed E-state index contributed by atoms with van der Waals surface area (Å²) in [5.41, 5.74) is 8.38. The predicted octanol–water partition coefficient (Wildman–Crippen LogP) is 1.92. The number of hydrogen-bond donors (Lipinski definition) is 2. The number of benzene rings is 2. The van der Waals surface area contributed by atoms with E-state index in [2.05, 4.69) is 15.5 Å². The quantitative estimate of drug-likeness (QED) is 0.565. The Hall–Kier alpha value is -2.91. The maximum atomic E-state index is 10.9. The third kappa shape index (κ3) is 4.83. The second kappa shape index (κ2) is 8.65. The van der Waals surface area contributed by atoms with Crippen LogP contribution in [0.4, 0.5) is 0 Å². The molecular weight excluding hydrogens is 366 g/mol. The summed E-state index contributed by atoms with van der Waals surface area (Å²) < 4.78 is 6.82. The average molecular weight is 385 g/mol. The number of nitrogens with two attached hydrogens (primary N) is 1. The van der Waals surface area contributed by atoms with Crippen molar-refractivity contribution in [3.05, 3.63) is 59.7 Å². The van der Waals surface area contributed by atoms with Gasteiger partial charge in [-0.2, -0.15) is 4.68 Å². The molecule has 1 atom stereocenters. The zero-order chi connectivity index (χ0) is 19.2. The topological polar surface area (TPSA) is 116 Å². The van der Waals surface area contributed by atoms with Crippen LogP contribution in [0.15, 0.2) is 53.7 Å². The summed E-state index contributed by atoms with van der Waals surface area (Å²) in [6.07, 6.45) is 0.289. The van der Waals surface area contributed by atoms with Crippen molar-refractivity contribution in [1.82, 2.24) is 20.2 Å². The molecule has 3 rings (SSSR count). The van der Waals surface area contributed by atoms with Gasteiger partial charge in [-0.1, -0.05) is 36.0 Å². The lowest BCUT2D eigenvalue weighted by Crippen LogP contribution is -2.32. The average Bonchev–Trinajstić information content (AvgIpc) is 3.15. The van der Waals surface area contributed by atoms with E-state index in [1.165, 1.54) is 11.8 Å². The summed E-state index contributed by atoms with van der Waals surface area (Å²) in [5, 5.41) is 21.5. The summed E-state index contributed by atoms with van der Waals surface area (Å²) in [5.74, 6) is 0.401. The van der Waals surface area contributed by atoms with Crippen LogP contribution < -0.4 is 10.5 Å². The van der Waals surface area contributed by atoms with Gasteiger partial charge in [-0.3, -0.25) is 4.79 Å². The molecule has 0 saturated heterocycles. The molecular formula is C18H19N5O3S. The maximum Gasteiger partial charge on any atom is 0.320 e. The Labute approximate surface area is 160 Å². The summed E-state index contributed by atoms with van der Waals surface area (Å²) in [4.78, 5) is 10.9. The van der Waals surface area contributed by atoms with Crippen molar-refractivity contribution < 1.29 is 14.6 Å². The zero-order valence-electron chi connectivity index (χ0n) is 14.6. The lowest BCUT2D eigenvalue weighted by Gasteiger charge is -2.09. The SMILES string of the molecule is COc1ccc(-n2nnnc2SCc2cccc(C[C@H](N)C(=O)O)c2)cc1. The molecule has 0 amide bonds. The van der Waals surface area contributed by atoms with Crippen molar-refractivity contribution in [3.8, 4) is 11.4 Å². The molecule has 0 aliphatic heterocycles. The summed E-state index contributed by atoms with van der Waals surface area (Å²) >= 11 is 1.49. The number of carboxylic acids is 1. The number of aromatic nitrogens is 4. The number of hydrogen-bond acceptors (Lipinski definition) is 7. The zero-order valence-corrected chi connectivity index (χ0v) is 15.5. The summed E-state index contributed by atoms with van der Waals surface area (Å²) in [6, 6.07) is 14.3. The monoisotopic (exact) mass is 385 g/mol. The molecule has 1 heterocycles. The second-order valence-electron chi connectivity index (χ2n) is 5.83. The van der Waals surface area contributed by atoms with Crippen LogP contribution in [0.3, 0.4) is 0 Å². The van der Waals surface area contributed by atoms with Crippen molar-refractivity contribution in [2.45, 2.75) is 23.4 Å². The Morgan fingerprint density at radius 1 is 1.26 bits per heavy atom. The van der Waals surface area contributed by atoms with Crippen molar-refractivity contribution in [1.29, 1.82) is 0 Å². The van der Waals surface area contributed by atoms with Crippen LogP contribution >= 0.6 is 11.8 Å². The first-order valence-electron chi connectivity index (χ1n) is 8.18. The molecule has 0 spiro atoms. The molecule has 1 aromatic heterocycles. The van der Waals surface area contributed by atoms with E-state index in [-0.39, 0.29) is 6.42 Å². The highest BCUT2D eigenvalue weighted by Crippen LogP contribution is 2.24. The Bertz CT molecular complexity index is 913. The lowest BCUT2D eigenvalue weighted by molar-refractivity contribution is -0.138. The van der Waals surface area contributed by atoms with Gasteiger partial charge in [0.05, 0.1) is 12.8 Å². The van der Waals surface area contributed by atoms with Gasteiger partial charge >= 0.3 is 5.97 Å². The van der Waals surface area contributed by atoms with Crippen molar-refractivity contribution in [2.24, 2.45) is 5.73 Å². The molecule has 27 heavy (non-hydrogen) atoms. The molecule has 3 N–H and O–H groups in total. The van der Waals surface area contributed by atoms with Crippen molar-refractivity contribution >= 4 is 17.7 Å². The Morgan fingerprint density at radius 2 is 2.00 bits per heavy atom. The van der Waals surface area contributed by atoms with Crippen LogP contribution in [0.5, 0.6) is 5.75 Å². The molecule has 9 heteroatoms. The molecule has 2 aromatic carbocycles. The van der Waals surface area contributed by atoms with Gasteiger partial charge in [-0.05, 0) is 52.2 Å². The molecule has 3 aromatic rings. The number of methoxy groups -OCH3 is 1. The third-order valence-corrected chi connectivity index (χ3v) is 4.88. The summed E-state index contributed by atoms with van der Waals surface area (Å²) in [6.45, 7) is 0. The van der Waals surface area contributed by atoms with Gasteiger partial charge in [0.1, 0.15) is 11.8 Å². The van der Waals surface area contributed by atoms with E-state index in [1.54, 1.807) is 11.8 Å². The van der Waals surface area contributed by atoms with E-state index < -0.39 is 12.0 Å². The molecule has 0 unspecified atom stereocenters. The number of thioether (sulfide) groups is 1. The van der Waals surface area contributed by atoms with E-state index in [9.17, 15) is 4.79 Å². The first-order chi connectivity index (χ1) is 13.1. The number of carbonyl (C=O) groups is 1. The number of tetrazole rings is 1. The molecule has 0 bridgehead atoms. The van der Waals surface area contributed by atoms with Gasteiger partial charge in [0.2, 0.25) is 5.16 Å². The number of aliphatic carboxylic acids is 1. The molecule has 0 saturated carbocycles. The second-order valence-corrected chi connectivity index (χ2v) is 6.77. The Morgan fingerprint density at radius 3 is 2.70 bits per heavy atom. The van der Waals surface area contributed by atoms with Gasteiger partial charge in [-0.25, -0.2) is 0 Å². The minimum atomic E-state index is -1.01. The number of rotatable bonds is 8. The predicted molar refractivity (Wildman–Crippen MR) is 101 cm³/mol. The van der Waals surface area contributed by atoms with Crippen LogP contribution in [0.25, 0.3) is 5.69 Å². The fourth-order valence-electron chi connectivity index (χ4n) is 2.49. The Balaban J connectivity index is 1.69. The van der Waals surface area contributed by atoms with Gasteiger partial charge < -0.3 is 15.6 Å². The number of nitrogens with zero attached hydrogens (tertiary/aromatic N) is 4. The highest BCUT2D eigenvalue weighted by atomic mass is 32.2. The lowest BCUT2D eigenvalue weighted by atomic mass is 10.0. The molecule has 0 aliphatic carbocycles. The van der Waals surface area contributed by atoms with Gasteiger partial charge in [0.15, 0.2) is 0 Å². The summed E-state index contributed by atoms with van der Waals surface area (Å²) in [7, 11) is 1.62. The first kappa shape index (κ1) is 18.9. The van der Waals surface area contributed by atoms with Crippen LogP contribution in [0.2, 0.25) is 0 Å². The van der Waals surface area contributed by atoms with Crippen molar-refractivity contribution in [3.63, 3.8) is 0 Å². The minimum Gasteiger partial charge on any atom is -0.497 e. The fraction of sp³-hybridized carbons (Fsp3) is 0.222. The van der Waals surface area contributed by atoms with Crippen LogP contribution in [-0.2, 0) is 17.0 Å². The van der Waals surface area contributed by atoms with Crippen molar-refractivity contribution in [2.75, 3.05) is 7.11 Å². The third-order valence-electron chi connectivity index (χ3n) is 3.89. The maximum absolute atomic E-state index is 10.9. The van der Waals surface area contributed by atoms with Crippen LogP contribution in [0, 0.1) is 0 Å². The molecule has 140 valence electrons. The van der Waals surface area contributed by atoms with Gasteiger partial charge in [0.25, 0.3) is 0 Å². The van der Waals surface area contributed by atoms with Gasteiger partial charge in [-0.15, -0.1) is 5.10 Å². The smallest absolute Gasteiger partial charge is 0.320 e. The number of ether oxygens (including phenoxy) is 1. The van der Waals surface area contributed by atoms with E-state index in [0.717, 1.165) is 22.6 Å². The number of carboxylic acid groups (broad SMARTS) is 1. The molecule has 8 nitrogen and oxygen atoms in total. The highest BCUT2D eigenvalue weighted by molar-refractivity contribution is 7.98. The minimum absolute atomic E-state index is 0.289. The highest BCUT2D eigenvalue weighted by Gasteiger charge is 2.13. The van der Waals surface area contributed by atoms with Crippen LogP contribution in [-0.4, -0.2) is 44.4 Å². The standard InChI is InChI=1S/C18H19N5O3S/c1-26-15-7-5-14(6-8-15)23-18(20-21-22-23)27-11-13-4-2-3-12(9-13)10-16(19)17(24)25/h2-9,16H,10-11,19H2,1H3,(H,24,25)/t16-/m0/s1. The molecule has 0 radical (unpaired) electrons. The van der Waals surface area contributed by atoms with Gasteiger partial charge in [0, 0.05) is 5.75 Å². The molecule has 0 fully saturated rings. The van der Waals surface area contributed by atoms with Crippen LogP contribution in [0.1, 0.15) is 11.1 Å². The molecule has 0 aliphatic rings. The fourth-order valence-corrected chi connectivity index (χ4v) is 3.32. The van der Waals surface area contributed by atoms with E-state index >= 15 is 0 Å². The normalized spacial score (nSPS) is 11.9.